The Labute approximate surface area is 196 Å². The van der Waals surface area contributed by atoms with Gasteiger partial charge in [-0.1, -0.05) is 12.1 Å². The molecule has 2 aliphatic rings. The fourth-order valence-corrected chi connectivity index (χ4v) is 5.23. The highest BCUT2D eigenvalue weighted by Crippen LogP contribution is 2.19. The molecule has 2 aromatic rings. The maximum absolute atomic E-state index is 13.1. The van der Waals surface area contributed by atoms with Crippen molar-refractivity contribution in [2.45, 2.75) is 43.2 Å². The van der Waals surface area contributed by atoms with E-state index in [4.69, 9.17) is 0 Å². The average Bonchev–Trinajstić information content (AvgIpc) is 2.82. The first-order valence-corrected chi connectivity index (χ1v) is 12.4. The van der Waals surface area contributed by atoms with Crippen molar-refractivity contribution in [2.24, 2.45) is 5.10 Å². The van der Waals surface area contributed by atoms with Crippen molar-refractivity contribution in [3.63, 3.8) is 0 Å². The Balaban J connectivity index is 1.35. The summed E-state index contributed by atoms with van der Waals surface area (Å²) in [6, 6.07) is 9.95. The van der Waals surface area contributed by atoms with E-state index >= 15 is 0 Å². The summed E-state index contributed by atoms with van der Waals surface area (Å²) in [6.07, 6.45) is 1.21. The second-order valence-corrected chi connectivity index (χ2v) is 9.98. The zero-order valence-electron chi connectivity index (χ0n) is 18.3. The van der Waals surface area contributed by atoms with Crippen LogP contribution in [0.15, 0.2) is 58.5 Å². The van der Waals surface area contributed by atoms with E-state index in [0.29, 0.717) is 31.5 Å². The molecule has 1 N–H and O–H groups in total. The number of rotatable bonds is 6. The largest absolute Gasteiger partial charge is 0.337 e. The van der Waals surface area contributed by atoms with E-state index in [1.54, 1.807) is 17.0 Å². The lowest BCUT2D eigenvalue weighted by atomic mass is 10.0. The molecule has 2 aromatic carbocycles. The molecule has 34 heavy (non-hydrogen) atoms. The standard InChI is InChI=1S/C23H24F2N4O4S/c24-17-3-1-16(2-4-17)15-29-22(30)10-9-21(26-29)23(31)28-13-11-19(12-14-28)27-34(32,33)20-7-5-18(25)6-8-20/h1-8,19,27H,9-15H2. The van der Waals surface area contributed by atoms with Crippen LogP contribution in [0.5, 0.6) is 0 Å². The minimum absolute atomic E-state index is 0.0186. The van der Waals surface area contributed by atoms with Gasteiger partial charge in [0, 0.05) is 32.0 Å². The number of nitrogens with zero attached hydrogens (tertiary/aromatic N) is 3. The first kappa shape index (κ1) is 24.0. The van der Waals surface area contributed by atoms with Crippen LogP contribution in [0.2, 0.25) is 0 Å². The SMILES string of the molecule is O=C(C1=NN(Cc2ccc(F)cc2)C(=O)CC1)N1CCC(NS(=O)(=O)c2ccc(F)cc2)CC1. The van der Waals surface area contributed by atoms with Gasteiger partial charge in [0.25, 0.3) is 5.91 Å². The molecule has 1 fully saturated rings. The van der Waals surface area contributed by atoms with Crippen LogP contribution in [0.25, 0.3) is 0 Å². The Bertz CT molecular complexity index is 1190. The molecule has 180 valence electrons. The molecule has 0 radical (unpaired) electrons. The van der Waals surface area contributed by atoms with E-state index in [9.17, 15) is 26.8 Å². The molecule has 0 aliphatic carbocycles. The van der Waals surface area contributed by atoms with Gasteiger partial charge in [0.15, 0.2) is 0 Å². The quantitative estimate of drug-likeness (QED) is 0.672. The van der Waals surface area contributed by atoms with Gasteiger partial charge < -0.3 is 4.90 Å². The second-order valence-electron chi connectivity index (χ2n) is 8.27. The van der Waals surface area contributed by atoms with Gasteiger partial charge in [-0.3, -0.25) is 9.59 Å². The molecule has 0 spiro atoms. The van der Waals surface area contributed by atoms with Crippen LogP contribution in [0.1, 0.15) is 31.2 Å². The van der Waals surface area contributed by atoms with Crippen LogP contribution in [0.4, 0.5) is 8.78 Å². The van der Waals surface area contributed by atoms with Crippen LogP contribution >= 0.6 is 0 Å². The van der Waals surface area contributed by atoms with E-state index in [1.165, 1.54) is 29.3 Å². The number of carbonyl (C=O) groups is 2. The molecule has 0 atom stereocenters. The number of hydrazone groups is 1. The van der Waals surface area contributed by atoms with E-state index < -0.39 is 15.8 Å². The molecule has 2 aliphatic heterocycles. The fourth-order valence-electron chi connectivity index (χ4n) is 3.93. The van der Waals surface area contributed by atoms with Gasteiger partial charge >= 0.3 is 0 Å². The lowest BCUT2D eigenvalue weighted by molar-refractivity contribution is -0.132. The Kier molecular flexibility index (Phi) is 7.03. The minimum Gasteiger partial charge on any atom is -0.337 e. The zero-order valence-corrected chi connectivity index (χ0v) is 19.1. The highest BCUT2D eigenvalue weighted by Gasteiger charge is 2.31. The molecular formula is C23H24F2N4O4S. The summed E-state index contributed by atoms with van der Waals surface area (Å²) in [5, 5.41) is 5.48. The van der Waals surface area contributed by atoms with E-state index in [1.807, 2.05) is 0 Å². The molecule has 11 heteroatoms. The monoisotopic (exact) mass is 490 g/mol. The van der Waals surface area contributed by atoms with E-state index in [-0.39, 0.29) is 53.7 Å². The molecule has 0 unspecified atom stereocenters. The van der Waals surface area contributed by atoms with Gasteiger partial charge in [0.05, 0.1) is 11.4 Å². The van der Waals surface area contributed by atoms with Crippen molar-refractivity contribution in [1.29, 1.82) is 0 Å². The molecule has 1 saturated heterocycles. The number of likely N-dealkylation sites (tertiary alicyclic amines) is 1. The number of nitrogens with one attached hydrogen (secondary N) is 1. The number of sulfonamides is 1. The number of benzene rings is 2. The number of hydrogen-bond acceptors (Lipinski definition) is 5. The van der Waals surface area contributed by atoms with Crippen LogP contribution in [-0.4, -0.2) is 55.0 Å². The topological polar surface area (TPSA) is 99.2 Å². The van der Waals surface area contributed by atoms with Crippen LogP contribution in [0.3, 0.4) is 0 Å². The third-order valence-electron chi connectivity index (χ3n) is 5.83. The van der Waals surface area contributed by atoms with Crippen molar-refractivity contribution in [3.8, 4) is 0 Å². The summed E-state index contributed by atoms with van der Waals surface area (Å²) in [5.41, 5.74) is 0.966. The molecule has 0 saturated carbocycles. The Morgan fingerprint density at radius 1 is 0.971 bits per heavy atom. The summed E-state index contributed by atoms with van der Waals surface area (Å²) >= 11 is 0. The number of hydrogen-bond donors (Lipinski definition) is 1. The molecule has 2 amide bonds. The summed E-state index contributed by atoms with van der Waals surface area (Å²) in [4.78, 5) is 26.8. The predicted molar refractivity (Wildman–Crippen MR) is 120 cm³/mol. The number of piperidine rings is 1. The molecule has 0 aromatic heterocycles. The van der Waals surface area contributed by atoms with Crippen molar-refractivity contribution >= 4 is 27.5 Å². The van der Waals surface area contributed by atoms with Gasteiger partial charge in [0.2, 0.25) is 15.9 Å². The first-order valence-electron chi connectivity index (χ1n) is 10.9. The predicted octanol–water partition coefficient (Wildman–Crippen LogP) is 2.41. The van der Waals surface area contributed by atoms with Crippen LogP contribution in [-0.2, 0) is 26.2 Å². The first-order chi connectivity index (χ1) is 16.2. The zero-order chi connectivity index (χ0) is 24.3. The average molecular weight is 491 g/mol. The fraction of sp³-hybridized carbons (Fsp3) is 0.348. The van der Waals surface area contributed by atoms with Crippen molar-refractivity contribution in [3.05, 3.63) is 65.7 Å². The van der Waals surface area contributed by atoms with Gasteiger partial charge in [-0.05, 0) is 54.8 Å². The second kappa shape index (κ2) is 9.98. The highest BCUT2D eigenvalue weighted by molar-refractivity contribution is 7.89. The van der Waals surface area contributed by atoms with Crippen LogP contribution < -0.4 is 4.72 Å². The van der Waals surface area contributed by atoms with Gasteiger partial charge in [-0.25, -0.2) is 26.9 Å². The van der Waals surface area contributed by atoms with Gasteiger partial charge in [-0.2, -0.15) is 5.10 Å². The molecular weight excluding hydrogens is 466 g/mol. The summed E-state index contributed by atoms with van der Waals surface area (Å²) in [7, 11) is -3.79. The van der Waals surface area contributed by atoms with Crippen molar-refractivity contribution < 1.29 is 26.8 Å². The third-order valence-corrected chi connectivity index (χ3v) is 7.36. The lowest BCUT2D eigenvalue weighted by Crippen LogP contribution is -2.49. The number of halogens is 2. The van der Waals surface area contributed by atoms with Gasteiger partial charge in [-0.15, -0.1) is 0 Å². The Morgan fingerprint density at radius 3 is 2.18 bits per heavy atom. The third kappa shape index (κ3) is 5.65. The van der Waals surface area contributed by atoms with Gasteiger partial charge in [0.1, 0.15) is 17.3 Å². The summed E-state index contributed by atoms with van der Waals surface area (Å²) in [6.45, 7) is 0.809. The van der Waals surface area contributed by atoms with Crippen molar-refractivity contribution in [2.75, 3.05) is 13.1 Å². The van der Waals surface area contributed by atoms with Crippen LogP contribution in [0, 0.1) is 11.6 Å². The molecule has 8 nitrogen and oxygen atoms in total. The van der Waals surface area contributed by atoms with Crippen molar-refractivity contribution in [1.82, 2.24) is 14.6 Å². The van der Waals surface area contributed by atoms with E-state index in [0.717, 1.165) is 12.1 Å². The minimum atomic E-state index is -3.79. The summed E-state index contributed by atoms with van der Waals surface area (Å²) < 4.78 is 53.9. The smallest absolute Gasteiger partial charge is 0.270 e. The normalized spacial score (nSPS) is 17.6. The maximum atomic E-state index is 13.1. The number of carbonyl (C=O) groups excluding carboxylic acids is 2. The number of amides is 2. The lowest BCUT2D eigenvalue weighted by Gasteiger charge is -2.33. The Morgan fingerprint density at radius 2 is 1.56 bits per heavy atom. The highest BCUT2D eigenvalue weighted by atomic mass is 32.2. The Hall–Kier alpha value is -3.18. The van der Waals surface area contributed by atoms with E-state index in [2.05, 4.69) is 9.82 Å². The summed E-state index contributed by atoms with van der Waals surface area (Å²) in [5.74, 6) is -1.39. The molecule has 0 bridgehead atoms. The molecule has 2 heterocycles. The molecule has 4 rings (SSSR count). The maximum Gasteiger partial charge on any atom is 0.270 e.